The molecule has 0 amide bonds. The summed E-state index contributed by atoms with van der Waals surface area (Å²) in [6, 6.07) is 8.27. The lowest BCUT2D eigenvalue weighted by Crippen LogP contribution is -2.00. The first kappa shape index (κ1) is 10.2. The van der Waals surface area contributed by atoms with Gasteiger partial charge >= 0.3 is 0 Å². The zero-order valence-corrected chi connectivity index (χ0v) is 8.90. The van der Waals surface area contributed by atoms with Crippen LogP contribution in [0, 0.1) is 11.3 Å². The molecule has 0 bridgehead atoms. The number of nitriles is 1. The van der Waals surface area contributed by atoms with Crippen LogP contribution in [0.2, 0.25) is 0 Å². The maximum absolute atomic E-state index is 9.06. The third-order valence-corrected chi connectivity index (χ3v) is 3.06. The van der Waals surface area contributed by atoms with E-state index in [2.05, 4.69) is 12.1 Å². The van der Waals surface area contributed by atoms with Gasteiger partial charge in [0, 0.05) is 12.5 Å². The molecule has 1 aliphatic rings. The van der Waals surface area contributed by atoms with Gasteiger partial charge in [-0.3, -0.25) is 0 Å². The van der Waals surface area contributed by atoms with E-state index in [-0.39, 0.29) is 12.5 Å². The van der Waals surface area contributed by atoms with Crippen molar-refractivity contribution in [3.05, 3.63) is 34.9 Å². The molecule has 1 N–H and O–H groups in total. The van der Waals surface area contributed by atoms with E-state index in [0.29, 0.717) is 5.92 Å². The smallest absolute Gasteiger partial charge is 0.0994 e. The minimum absolute atomic E-state index is 0.116. The molecule has 1 aromatic rings. The van der Waals surface area contributed by atoms with E-state index in [1.54, 1.807) is 0 Å². The highest BCUT2D eigenvalue weighted by molar-refractivity contribution is 5.45. The molecule has 2 nitrogen and oxygen atoms in total. The summed E-state index contributed by atoms with van der Waals surface area (Å²) in [6.45, 7) is 2.10. The molecular formula is C13H15NO. The van der Waals surface area contributed by atoms with Gasteiger partial charge in [0.2, 0.25) is 0 Å². The van der Waals surface area contributed by atoms with Gasteiger partial charge in [-0.2, -0.15) is 5.26 Å². The Labute approximate surface area is 90.2 Å². The van der Waals surface area contributed by atoms with Crippen molar-refractivity contribution in [3.8, 4) is 6.07 Å². The van der Waals surface area contributed by atoms with Crippen LogP contribution in [-0.4, -0.2) is 11.7 Å². The van der Waals surface area contributed by atoms with Crippen LogP contribution in [0.5, 0.6) is 0 Å². The number of nitrogens with zero attached hydrogens (tertiary/aromatic N) is 1. The first-order valence-electron chi connectivity index (χ1n) is 5.41. The molecule has 1 unspecified atom stereocenters. The van der Waals surface area contributed by atoms with Gasteiger partial charge in [0.25, 0.3) is 0 Å². The Morgan fingerprint density at radius 1 is 1.53 bits per heavy atom. The molecule has 1 atom stereocenters. The molecule has 2 heteroatoms. The molecule has 0 aliphatic heterocycles. The van der Waals surface area contributed by atoms with E-state index in [9.17, 15) is 0 Å². The number of rotatable bonds is 3. The molecule has 1 aliphatic carbocycles. The van der Waals surface area contributed by atoms with Crippen LogP contribution in [0.15, 0.2) is 18.2 Å². The van der Waals surface area contributed by atoms with Crippen LogP contribution in [-0.2, 0) is 0 Å². The summed E-state index contributed by atoms with van der Waals surface area (Å²) in [5.74, 6) is 0.725. The number of hydrogen-bond donors (Lipinski definition) is 1. The van der Waals surface area contributed by atoms with Crippen molar-refractivity contribution in [1.29, 1.82) is 5.26 Å². The minimum Gasteiger partial charge on any atom is -0.396 e. The van der Waals surface area contributed by atoms with E-state index in [1.807, 2.05) is 19.1 Å². The maximum Gasteiger partial charge on any atom is 0.0994 e. The highest BCUT2D eigenvalue weighted by atomic mass is 16.3. The summed E-state index contributed by atoms with van der Waals surface area (Å²) in [7, 11) is 0. The van der Waals surface area contributed by atoms with Crippen LogP contribution >= 0.6 is 0 Å². The van der Waals surface area contributed by atoms with Crippen molar-refractivity contribution in [2.45, 2.75) is 31.6 Å². The van der Waals surface area contributed by atoms with E-state index in [1.165, 1.54) is 18.4 Å². The Bertz CT molecular complexity index is 401. The molecule has 2 rings (SSSR count). The number of hydrogen-bond acceptors (Lipinski definition) is 2. The Kier molecular flexibility index (Phi) is 2.75. The zero-order valence-electron chi connectivity index (χ0n) is 8.90. The molecule has 0 saturated heterocycles. The third-order valence-electron chi connectivity index (χ3n) is 3.06. The second kappa shape index (κ2) is 4.04. The Morgan fingerprint density at radius 3 is 2.80 bits per heavy atom. The molecular weight excluding hydrogens is 186 g/mol. The van der Waals surface area contributed by atoms with Crippen LogP contribution in [0.3, 0.4) is 0 Å². The summed E-state index contributed by atoms with van der Waals surface area (Å²) in [5.41, 5.74) is 3.03. The third kappa shape index (κ3) is 2.03. The summed E-state index contributed by atoms with van der Waals surface area (Å²) in [6.07, 6.45) is 2.42. The molecule has 0 radical (unpaired) electrons. The van der Waals surface area contributed by atoms with Crippen LogP contribution in [0.1, 0.15) is 48.3 Å². The standard InChI is InChI=1S/C13H15NO/c1-9(8-15)11-4-5-13(10-2-3-10)12(6-11)7-14/h4-6,9-10,15H,2-3,8H2,1H3. The monoisotopic (exact) mass is 201 g/mol. The fraction of sp³-hybridized carbons (Fsp3) is 0.462. The van der Waals surface area contributed by atoms with Crippen LogP contribution < -0.4 is 0 Å². The molecule has 1 fully saturated rings. The van der Waals surface area contributed by atoms with Gasteiger partial charge in [-0.15, -0.1) is 0 Å². The van der Waals surface area contributed by atoms with E-state index in [4.69, 9.17) is 10.4 Å². The average Bonchev–Trinajstić information content (AvgIpc) is 3.11. The van der Waals surface area contributed by atoms with E-state index >= 15 is 0 Å². The summed E-state index contributed by atoms with van der Waals surface area (Å²) in [4.78, 5) is 0. The van der Waals surface area contributed by atoms with Crippen molar-refractivity contribution in [3.63, 3.8) is 0 Å². The molecule has 0 heterocycles. The SMILES string of the molecule is CC(CO)c1ccc(C2CC2)c(C#N)c1. The normalized spacial score (nSPS) is 17.1. The van der Waals surface area contributed by atoms with Crippen LogP contribution in [0.4, 0.5) is 0 Å². The molecule has 1 aromatic carbocycles. The second-order valence-electron chi connectivity index (χ2n) is 4.32. The molecule has 78 valence electrons. The summed E-state index contributed by atoms with van der Waals surface area (Å²) in [5, 5.41) is 18.1. The highest BCUT2D eigenvalue weighted by Crippen LogP contribution is 2.42. The summed E-state index contributed by atoms with van der Waals surface area (Å²) >= 11 is 0. The first-order valence-corrected chi connectivity index (χ1v) is 5.41. The lowest BCUT2D eigenvalue weighted by atomic mass is 9.95. The average molecular weight is 201 g/mol. The predicted molar refractivity (Wildman–Crippen MR) is 58.6 cm³/mol. The fourth-order valence-corrected chi connectivity index (χ4v) is 1.83. The maximum atomic E-state index is 9.06. The Hall–Kier alpha value is -1.33. The van der Waals surface area contributed by atoms with Gasteiger partial charge in [0.1, 0.15) is 0 Å². The Morgan fingerprint density at radius 2 is 2.27 bits per heavy atom. The topological polar surface area (TPSA) is 44.0 Å². The van der Waals surface area contributed by atoms with Gasteiger partial charge in [-0.05, 0) is 36.0 Å². The Balaban J connectivity index is 2.34. The van der Waals surface area contributed by atoms with Crippen molar-refractivity contribution in [1.82, 2.24) is 0 Å². The zero-order chi connectivity index (χ0) is 10.8. The molecule has 1 saturated carbocycles. The molecule has 15 heavy (non-hydrogen) atoms. The predicted octanol–water partition coefficient (Wildman–Crippen LogP) is 2.53. The van der Waals surface area contributed by atoms with E-state index < -0.39 is 0 Å². The molecule has 0 aromatic heterocycles. The molecule has 0 spiro atoms. The van der Waals surface area contributed by atoms with Gasteiger partial charge in [0.15, 0.2) is 0 Å². The van der Waals surface area contributed by atoms with Gasteiger partial charge in [-0.25, -0.2) is 0 Å². The van der Waals surface area contributed by atoms with Crippen molar-refractivity contribution in [2.75, 3.05) is 6.61 Å². The number of aliphatic hydroxyl groups excluding tert-OH is 1. The largest absolute Gasteiger partial charge is 0.396 e. The lowest BCUT2D eigenvalue weighted by Gasteiger charge is -2.10. The first-order chi connectivity index (χ1) is 7.26. The van der Waals surface area contributed by atoms with Crippen molar-refractivity contribution in [2.24, 2.45) is 0 Å². The van der Waals surface area contributed by atoms with Gasteiger partial charge in [-0.1, -0.05) is 19.1 Å². The van der Waals surface area contributed by atoms with Crippen molar-refractivity contribution >= 4 is 0 Å². The summed E-state index contributed by atoms with van der Waals surface area (Å²) < 4.78 is 0. The quantitative estimate of drug-likeness (QED) is 0.816. The van der Waals surface area contributed by atoms with Crippen molar-refractivity contribution < 1.29 is 5.11 Å². The lowest BCUT2D eigenvalue weighted by molar-refractivity contribution is 0.273. The highest BCUT2D eigenvalue weighted by Gasteiger charge is 2.26. The number of benzene rings is 1. The second-order valence-corrected chi connectivity index (χ2v) is 4.32. The van der Waals surface area contributed by atoms with E-state index in [0.717, 1.165) is 11.1 Å². The minimum atomic E-state index is 0.116. The number of aliphatic hydroxyl groups is 1. The van der Waals surface area contributed by atoms with Crippen LogP contribution in [0.25, 0.3) is 0 Å². The van der Waals surface area contributed by atoms with Gasteiger partial charge < -0.3 is 5.11 Å². The fourth-order valence-electron chi connectivity index (χ4n) is 1.83. The van der Waals surface area contributed by atoms with Gasteiger partial charge in [0.05, 0.1) is 11.6 Å².